The van der Waals surface area contributed by atoms with Gasteiger partial charge in [0.25, 0.3) is 15.7 Å². The molecular weight excluding hydrogens is 458 g/mol. The van der Waals surface area contributed by atoms with Crippen molar-refractivity contribution in [2.24, 2.45) is 5.10 Å². The van der Waals surface area contributed by atoms with E-state index < -0.39 is 14.9 Å². The average Bonchev–Trinajstić information content (AvgIpc) is 3.23. The van der Waals surface area contributed by atoms with Crippen molar-refractivity contribution >= 4 is 27.4 Å². The first-order valence-electron chi connectivity index (χ1n) is 10.6. The van der Waals surface area contributed by atoms with Gasteiger partial charge in [-0.25, -0.2) is 4.52 Å². The van der Waals surface area contributed by atoms with E-state index in [1.54, 1.807) is 29.8 Å². The van der Waals surface area contributed by atoms with E-state index in [4.69, 9.17) is 0 Å². The summed E-state index contributed by atoms with van der Waals surface area (Å²) >= 11 is 0. The van der Waals surface area contributed by atoms with Gasteiger partial charge < -0.3 is 4.90 Å². The van der Waals surface area contributed by atoms with Gasteiger partial charge in [-0.3, -0.25) is 10.1 Å². The van der Waals surface area contributed by atoms with E-state index in [9.17, 15) is 23.8 Å². The standard InChI is InChI=1S/C22H25N7O4S/c1-4-26(5-2)10-11-28(34(32,33)22-13-20(29(30)31)7-6-17(22)3)25-16-19-15-24-27-9-8-18(14-23)12-21(19)27/h6-9,12-13,15-16H,4-5,10-11H2,1-3H3. The highest BCUT2D eigenvalue weighted by atomic mass is 32.2. The monoisotopic (exact) mass is 483 g/mol. The number of rotatable bonds is 10. The van der Waals surface area contributed by atoms with Gasteiger partial charge >= 0.3 is 0 Å². The molecule has 0 N–H and O–H groups in total. The Hall–Kier alpha value is -3.82. The molecule has 178 valence electrons. The summed E-state index contributed by atoms with van der Waals surface area (Å²) in [5.41, 5.74) is 1.61. The fraction of sp³-hybridized carbons (Fsp3) is 0.318. The highest BCUT2D eigenvalue weighted by Gasteiger charge is 2.27. The molecule has 3 aromatic rings. The number of nitrogens with zero attached hydrogens (tertiary/aromatic N) is 7. The van der Waals surface area contributed by atoms with Gasteiger partial charge in [-0.15, -0.1) is 0 Å². The lowest BCUT2D eigenvalue weighted by Gasteiger charge is -2.24. The molecule has 0 fully saturated rings. The summed E-state index contributed by atoms with van der Waals surface area (Å²) in [5, 5.41) is 28.9. The number of hydrogen-bond donors (Lipinski definition) is 0. The largest absolute Gasteiger partial charge is 0.302 e. The molecule has 0 atom stereocenters. The van der Waals surface area contributed by atoms with Crippen LogP contribution in [0.25, 0.3) is 5.52 Å². The summed E-state index contributed by atoms with van der Waals surface area (Å²) in [7, 11) is -4.19. The summed E-state index contributed by atoms with van der Waals surface area (Å²) in [6.07, 6.45) is 4.52. The van der Waals surface area contributed by atoms with Gasteiger partial charge in [0.05, 0.1) is 45.9 Å². The smallest absolute Gasteiger partial charge is 0.279 e. The molecule has 0 radical (unpaired) electrons. The van der Waals surface area contributed by atoms with Gasteiger partial charge in [0.1, 0.15) is 0 Å². The van der Waals surface area contributed by atoms with E-state index >= 15 is 0 Å². The predicted molar refractivity (Wildman–Crippen MR) is 127 cm³/mol. The summed E-state index contributed by atoms with van der Waals surface area (Å²) in [6, 6.07) is 9.04. The number of hydrogen-bond acceptors (Lipinski definition) is 8. The second-order valence-electron chi connectivity index (χ2n) is 7.49. The number of benzene rings is 1. The first kappa shape index (κ1) is 24.8. The van der Waals surface area contributed by atoms with Crippen molar-refractivity contribution in [1.82, 2.24) is 18.9 Å². The maximum Gasteiger partial charge on any atom is 0.279 e. The fourth-order valence-electron chi connectivity index (χ4n) is 3.40. The van der Waals surface area contributed by atoms with E-state index in [1.165, 1.54) is 24.5 Å². The number of aromatic nitrogens is 2. The van der Waals surface area contributed by atoms with E-state index in [0.717, 1.165) is 23.6 Å². The molecule has 0 saturated heterocycles. The molecule has 0 saturated carbocycles. The molecule has 3 rings (SSSR count). The van der Waals surface area contributed by atoms with Gasteiger partial charge in [-0.2, -0.15) is 28.3 Å². The van der Waals surface area contributed by atoms with Crippen molar-refractivity contribution in [2.75, 3.05) is 26.2 Å². The minimum atomic E-state index is -4.19. The Morgan fingerprint density at radius 3 is 2.62 bits per heavy atom. The third kappa shape index (κ3) is 5.22. The van der Waals surface area contributed by atoms with Crippen molar-refractivity contribution in [3.05, 3.63) is 69.5 Å². The molecule has 0 unspecified atom stereocenters. The number of nitriles is 1. The first-order valence-corrected chi connectivity index (χ1v) is 12.1. The zero-order valence-corrected chi connectivity index (χ0v) is 19.9. The minimum absolute atomic E-state index is 0.0469. The van der Waals surface area contributed by atoms with Crippen molar-refractivity contribution in [1.29, 1.82) is 5.26 Å². The topological polar surface area (TPSA) is 137 Å². The van der Waals surface area contributed by atoms with Crippen LogP contribution in [0, 0.1) is 28.4 Å². The molecule has 2 aromatic heterocycles. The molecule has 0 aliphatic carbocycles. The third-order valence-electron chi connectivity index (χ3n) is 5.45. The second kappa shape index (κ2) is 10.4. The lowest BCUT2D eigenvalue weighted by Crippen LogP contribution is -2.36. The van der Waals surface area contributed by atoms with Crippen LogP contribution < -0.4 is 0 Å². The van der Waals surface area contributed by atoms with Crippen LogP contribution in [-0.4, -0.2) is 64.7 Å². The molecule has 0 aliphatic heterocycles. The van der Waals surface area contributed by atoms with Gasteiger partial charge in [0.2, 0.25) is 0 Å². The van der Waals surface area contributed by atoms with Crippen molar-refractivity contribution in [3.63, 3.8) is 0 Å². The Labute approximate surface area is 197 Å². The van der Waals surface area contributed by atoms with Crippen molar-refractivity contribution in [3.8, 4) is 6.07 Å². The molecule has 34 heavy (non-hydrogen) atoms. The van der Waals surface area contributed by atoms with Crippen molar-refractivity contribution in [2.45, 2.75) is 25.7 Å². The number of nitro groups is 1. The molecule has 0 bridgehead atoms. The van der Waals surface area contributed by atoms with E-state index in [1.807, 2.05) is 18.7 Å². The number of fused-ring (bicyclic) bond motifs is 1. The number of likely N-dealkylation sites (N-methyl/N-ethyl adjacent to an activating group) is 1. The average molecular weight is 484 g/mol. The van der Waals surface area contributed by atoms with Crippen LogP contribution in [-0.2, 0) is 10.0 Å². The number of aryl methyl sites for hydroxylation is 1. The van der Waals surface area contributed by atoms with Crippen LogP contribution in [0.3, 0.4) is 0 Å². The van der Waals surface area contributed by atoms with Gasteiger partial charge in [0, 0.05) is 30.4 Å². The SMILES string of the molecule is CCN(CC)CCN(N=Cc1cnn2ccc(C#N)cc12)S(=O)(=O)c1cc([N+](=O)[O-])ccc1C. The van der Waals surface area contributed by atoms with E-state index in [2.05, 4.69) is 16.3 Å². The molecule has 11 nitrogen and oxygen atoms in total. The quantitative estimate of drug-likeness (QED) is 0.246. The van der Waals surface area contributed by atoms with Crippen LogP contribution in [0.1, 0.15) is 30.5 Å². The lowest BCUT2D eigenvalue weighted by atomic mass is 10.2. The van der Waals surface area contributed by atoms with E-state index in [0.29, 0.717) is 28.8 Å². The van der Waals surface area contributed by atoms with Gasteiger partial charge in [-0.1, -0.05) is 19.9 Å². The molecule has 12 heteroatoms. The maximum atomic E-state index is 13.5. The van der Waals surface area contributed by atoms with Crippen LogP contribution in [0.4, 0.5) is 5.69 Å². The Morgan fingerprint density at radius 2 is 1.97 bits per heavy atom. The Kier molecular flexibility index (Phi) is 7.60. The lowest BCUT2D eigenvalue weighted by molar-refractivity contribution is -0.385. The zero-order chi connectivity index (χ0) is 24.9. The second-order valence-corrected chi connectivity index (χ2v) is 9.30. The Balaban J connectivity index is 2.05. The van der Waals surface area contributed by atoms with Gasteiger partial charge in [0.15, 0.2) is 0 Å². The molecule has 0 amide bonds. The normalized spacial score (nSPS) is 11.9. The summed E-state index contributed by atoms with van der Waals surface area (Å²) in [6.45, 7) is 7.46. The minimum Gasteiger partial charge on any atom is -0.302 e. The summed E-state index contributed by atoms with van der Waals surface area (Å²) in [4.78, 5) is 12.5. The summed E-state index contributed by atoms with van der Waals surface area (Å²) < 4.78 is 29.6. The van der Waals surface area contributed by atoms with Crippen LogP contribution in [0.15, 0.2) is 52.7 Å². The number of sulfonamides is 1. The Morgan fingerprint density at radius 1 is 1.24 bits per heavy atom. The highest BCUT2D eigenvalue weighted by molar-refractivity contribution is 7.89. The Bertz CT molecular complexity index is 1370. The zero-order valence-electron chi connectivity index (χ0n) is 19.1. The van der Waals surface area contributed by atoms with Crippen LogP contribution >= 0.6 is 0 Å². The van der Waals surface area contributed by atoms with E-state index in [-0.39, 0.29) is 17.1 Å². The maximum absolute atomic E-state index is 13.5. The predicted octanol–water partition coefficient (Wildman–Crippen LogP) is 2.79. The molecule has 0 aliphatic rings. The molecule has 1 aromatic carbocycles. The number of pyridine rings is 1. The van der Waals surface area contributed by atoms with Crippen LogP contribution in [0.5, 0.6) is 0 Å². The first-order chi connectivity index (χ1) is 16.2. The molecule has 2 heterocycles. The molecule has 0 spiro atoms. The van der Waals surface area contributed by atoms with Crippen molar-refractivity contribution < 1.29 is 13.3 Å². The van der Waals surface area contributed by atoms with Gasteiger partial charge in [-0.05, 0) is 37.7 Å². The summed E-state index contributed by atoms with van der Waals surface area (Å²) in [5.74, 6) is 0. The third-order valence-corrected chi connectivity index (χ3v) is 7.27. The van der Waals surface area contributed by atoms with Crippen LogP contribution in [0.2, 0.25) is 0 Å². The number of non-ortho nitro benzene ring substituents is 1. The molecular formula is C22H25N7O4S. The number of nitro benzene ring substituents is 1. The fourth-order valence-corrected chi connectivity index (χ4v) is 4.86. The highest BCUT2D eigenvalue weighted by Crippen LogP contribution is 2.25. The number of hydrazone groups is 1.